The van der Waals surface area contributed by atoms with Gasteiger partial charge < -0.3 is 14.5 Å². The van der Waals surface area contributed by atoms with E-state index in [1.807, 2.05) is 64.1 Å². The van der Waals surface area contributed by atoms with Crippen molar-refractivity contribution in [1.82, 2.24) is 20.3 Å². The lowest BCUT2D eigenvalue weighted by Crippen LogP contribution is -2.51. The van der Waals surface area contributed by atoms with E-state index in [4.69, 9.17) is 9.15 Å². The second-order valence-corrected chi connectivity index (χ2v) is 9.75. The Morgan fingerprint density at radius 3 is 2.57 bits per heavy atom. The van der Waals surface area contributed by atoms with Crippen LogP contribution in [0.1, 0.15) is 50.3 Å². The normalized spacial score (nSPS) is 12.4. The van der Waals surface area contributed by atoms with E-state index in [-0.39, 0.29) is 18.4 Å². The number of ether oxygens (including phenoxy) is 1. The molecule has 0 aliphatic carbocycles. The fourth-order valence-corrected chi connectivity index (χ4v) is 4.11. The summed E-state index contributed by atoms with van der Waals surface area (Å²) < 4.78 is 13.1. The maximum atomic E-state index is 14.2. The van der Waals surface area contributed by atoms with Gasteiger partial charge in [0.05, 0.1) is 18.3 Å². The first-order chi connectivity index (χ1) is 17.6. The molecule has 4 rings (SSSR count). The predicted molar refractivity (Wildman–Crippen MR) is 141 cm³/mol. The summed E-state index contributed by atoms with van der Waals surface area (Å²) in [5.74, 6) is 0.707. The number of aromatic nitrogens is 3. The molecule has 0 saturated heterocycles. The number of carbonyl (C=O) groups is 2. The Balaban J connectivity index is 1.87. The van der Waals surface area contributed by atoms with Crippen molar-refractivity contribution in [3.63, 3.8) is 0 Å². The van der Waals surface area contributed by atoms with Gasteiger partial charge in [-0.2, -0.15) is 0 Å². The number of carbonyl (C=O) groups excluding carboxylic acids is 2. The van der Waals surface area contributed by atoms with Crippen LogP contribution in [-0.2, 0) is 16.1 Å². The number of anilines is 1. The molecule has 0 bridgehead atoms. The Bertz CT molecular complexity index is 1420. The number of benzene rings is 2. The van der Waals surface area contributed by atoms with Gasteiger partial charge in [0, 0.05) is 5.54 Å². The standard InChI is InChI=1S/C28H33N5O4/c1-7-28(4,5)29-27(35)26(24-15-13-19(3)37-24)33(22-16-18(2)12-14-23(22)36-6)25(34)17-32-21-11-9-8-10-20(21)30-31-32/h8-16,26H,7,17H2,1-6H3,(H,29,35). The molecule has 194 valence electrons. The van der Waals surface area contributed by atoms with Gasteiger partial charge in [0.15, 0.2) is 6.04 Å². The molecule has 2 amide bonds. The summed E-state index contributed by atoms with van der Waals surface area (Å²) in [4.78, 5) is 29.5. The van der Waals surface area contributed by atoms with Gasteiger partial charge in [0.25, 0.3) is 5.91 Å². The second-order valence-electron chi connectivity index (χ2n) is 9.75. The van der Waals surface area contributed by atoms with Crippen molar-refractivity contribution in [2.45, 2.75) is 59.2 Å². The highest BCUT2D eigenvalue weighted by Crippen LogP contribution is 2.37. The van der Waals surface area contributed by atoms with Crippen LogP contribution in [0.15, 0.2) is 59.0 Å². The van der Waals surface area contributed by atoms with Crippen LogP contribution in [0.5, 0.6) is 5.75 Å². The summed E-state index contributed by atoms with van der Waals surface area (Å²) in [6.45, 7) is 9.46. The SMILES string of the molecule is CCC(C)(C)NC(=O)C(c1ccc(C)o1)N(C(=O)Cn1nnc2ccccc21)c1cc(C)ccc1OC. The van der Waals surface area contributed by atoms with E-state index in [1.54, 1.807) is 25.1 Å². The third-order valence-electron chi connectivity index (χ3n) is 6.45. The third kappa shape index (κ3) is 5.50. The molecule has 4 aromatic rings. The number of nitrogens with zero attached hydrogens (tertiary/aromatic N) is 4. The quantitative estimate of drug-likeness (QED) is 0.354. The molecular weight excluding hydrogens is 470 g/mol. The van der Waals surface area contributed by atoms with E-state index in [0.717, 1.165) is 5.56 Å². The van der Waals surface area contributed by atoms with Gasteiger partial charge >= 0.3 is 0 Å². The van der Waals surface area contributed by atoms with Gasteiger partial charge in [0.1, 0.15) is 29.3 Å². The number of para-hydroxylation sites is 1. The number of methoxy groups -OCH3 is 1. The van der Waals surface area contributed by atoms with E-state index >= 15 is 0 Å². The molecule has 0 saturated carbocycles. The first-order valence-electron chi connectivity index (χ1n) is 12.3. The van der Waals surface area contributed by atoms with Crippen molar-refractivity contribution < 1.29 is 18.7 Å². The topological polar surface area (TPSA) is 102 Å². The molecule has 9 heteroatoms. The summed E-state index contributed by atoms with van der Waals surface area (Å²) in [6.07, 6.45) is 0.704. The van der Waals surface area contributed by atoms with Crippen LogP contribution in [0, 0.1) is 13.8 Å². The lowest BCUT2D eigenvalue weighted by molar-refractivity contribution is -0.128. The number of hydrogen-bond donors (Lipinski definition) is 1. The fraction of sp³-hybridized carbons (Fsp3) is 0.357. The predicted octanol–water partition coefficient (Wildman–Crippen LogP) is 4.73. The molecule has 0 radical (unpaired) electrons. The van der Waals surface area contributed by atoms with Crippen molar-refractivity contribution in [2.24, 2.45) is 0 Å². The highest BCUT2D eigenvalue weighted by molar-refractivity contribution is 6.02. The van der Waals surface area contributed by atoms with Gasteiger partial charge in [-0.1, -0.05) is 30.3 Å². The number of furan rings is 1. The Hall–Kier alpha value is -4.14. The van der Waals surface area contributed by atoms with E-state index in [0.29, 0.717) is 40.4 Å². The van der Waals surface area contributed by atoms with E-state index in [1.165, 1.54) is 16.7 Å². The largest absolute Gasteiger partial charge is 0.495 e. The smallest absolute Gasteiger partial charge is 0.251 e. The Labute approximate surface area is 216 Å². The third-order valence-corrected chi connectivity index (χ3v) is 6.45. The van der Waals surface area contributed by atoms with Crippen LogP contribution < -0.4 is 15.0 Å². The first-order valence-corrected chi connectivity index (χ1v) is 12.3. The zero-order valence-corrected chi connectivity index (χ0v) is 22.1. The summed E-state index contributed by atoms with van der Waals surface area (Å²) in [6, 6.07) is 15.3. The van der Waals surface area contributed by atoms with Crippen molar-refractivity contribution in [3.05, 3.63) is 71.7 Å². The maximum absolute atomic E-state index is 14.2. The van der Waals surface area contributed by atoms with Crippen molar-refractivity contribution in [2.75, 3.05) is 12.0 Å². The minimum absolute atomic E-state index is 0.141. The fourth-order valence-electron chi connectivity index (χ4n) is 4.11. The second kappa shape index (κ2) is 10.5. The minimum Gasteiger partial charge on any atom is -0.495 e. The number of amides is 2. The molecule has 1 N–H and O–H groups in total. The minimum atomic E-state index is -1.09. The molecule has 0 aliphatic rings. The van der Waals surface area contributed by atoms with Crippen LogP contribution in [0.3, 0.4) is 0 Å². The zero-order chi connectivity index (χ0) is 26.7. The molecule has 0 spiro atoms. The van der Waals surface area contributed by atoms with E-state index < -0.39 is 11.6 Å². The van der Waals surface area contributed by atoms with Crippen molar-refractivity contribution >= 4 is 28.5 Å². The van der Waals surface area contributed by atoms with Crippen molar-refractivity contribution in [3.8, 4) is 5.75 Å². The summed E-state index contributed by atoms with van der Waals surface area (Å²) in [5.41, 5.74) is 2.26. The Morgan fingerprint density at radius 1 is 1.14 bits per heavy atom. The molecule has 2 aromatic carbocycles. The first kappa shape index (κ1) is 25.9. The van der Waals surface area contributed by atoms with Crippen molar-refractivity contribution in [1.29, 1.82) is 0 Å². The van der Waals surface area contributed by atoms with Crippen LogP contribution in [0.2, 0.25) is 0 Å². The highest BCUT2D eigenvalue weighted by Gasteiger charge is 2.38. The van der Waals surface area contributed by atoms with E-state index in [9.17, 15) is 9.59 Å². The van der Waals surface area contributed by atoms with Gasteiger partial charge in [0.2, 0.25) is 5.91 Å². The average molecular weight is 504 g/mol. The van der Waals surface area contributed by atoms with Gasteiger partial charge in [-0.25, -0.2) is 4.68 Å². The molecular formula is C28H33N5O4. The lowest BCUT2D eigenvalue weighted by atomic mass is 10.00. The van der Waals surface area contributed by atoms with Crippen LogP contribution in [-0.4, -0.2) is 39.5 Å². The molecule has 0 aliphatic heterocycles. The van der Waals surface area contributed by atoms with Crippen LogP contribution in [0.25, 0.3) is 11.0 Å². The summed E-state index contributed by atoms with van der Waals surface area (Å²) >= 11 is 0. The number of fused-ring (bicyclic) bond motifs is 1. The lowest BCUT2D eigenvalue weighted by Gasteiger charge is -2.34. The summed E-state index contributed by atoms with van der Waals surface area (Å²) in [5, 5.41) is 11.5. The molecule has 2 aromatic heterocycles. The molecule has 0 fully saturated rings. The average Bonchev–Trinajstić information content (AvgIpc) is 3.48. The molecule has 37 heavy (non-hydrogen) atoms. The molecule has 9 nitrogen and oxygen atoms in total. The number of aryl methyl sites for hydroxylation is 2. The molecule has 1 unspecified atom stereocenters. The number of rotatable bonds is 9. The van der Waals surface area contributed by atoms with Crippen LogP contribution >= 0.6 is 0 Å². The number of hydrogen-bond acceptors (Lipinski definition) is 6. The van der Waals surface area contributed by atoms with Gasteiger partial charge in [-0.05, 0) is 76.1 Å². The highest BCUT2D eigenvalue weighted by atomic mass is 16.5. The molecule has 1 atom stereocenters. The van der Waals surface area contributed by atoms with Crippen LogP contribution in [0.4, 0.5) is 5.69 Å². The zero-order valence-electron chi connectivity index (χ0n) is 22.1. The maximum Gasteiger partial charge on any atom is 0.251 e. The van der Waals surface area contributed by atoms with E-state index in [2.05, 4.69) is 15.6 Å². The molecule has 2 heterocycles. The van der Waals surface area contributed by atoms with Gasteiger partial charge in [-0.3, -0.25) is 14.5 Å². The Morgan fingerprint density at radius 2 is 1.89 bits per heavy atom. The monoisotopic (exact) mass is 503 g/mol. The van der Waals surface area contributed by atoms with Gasteiger partial charge in [-0.15, -0.1) is 5.10 Å². The summed E-state index contributed by atoms with van der Waals surface area (Å²) in [7, 11) is 1.54. The number of nitrogens with one attached hydrogen (secondary N) is 1. The Kier molecular flexibility index (Phi) is 7.33.